The van der Waals surface area contributed by atoms with E-state index in [1.54, 1.807) is 13.0 Å². The highest BCUT2D eigenvalue weighted by molar-refractivity contribution is 5.94. The summed E-state index contributed by atoms with van der Waals surface area (Å²) >= 11 is 0. The van der Waals surface area contributed by atoms with Crippen LogP contribution in [0.15, 0.2) is 30.3 Å². The summed E-state index contributed by atoms with van der Waals surface area (Å²) in [5.41, 5.74) is 0.804. The van der Waals surface area contributed by atoms with Gasteiger partial charge in [0, 0.05) is 22.7 Å². The molecule has 1 aromatic carbocycles. The van der Waals surface area contributed by atoms with Crippen molar-refractivity contribution in [3.63, 3.8) is 0 Å². The van der Waals surface area contributed by atoms with Gasteiger partial charge < -0.3 is 9.72 Å². The first-order valence-electron chi connectivity index (χ1n) is 9.38. The Morgan fingerprint density at radius 1 is 1.15 bits per heavy atom. The lowest BCUT2D eigenvalue weighted by Gasteiger charge is -2.13. The maximum Gasteiger partial charge on any atom is 0.417 e. The van der Waals surface area contributed by atoms with Crippen LogP contribution in [0.2, 0.25) is 0 Å². The van der Waals surface area contributed by atoms with E-state index in [9.17, 15) is 18.0 Å². The molecule has 0 saturated carbocycles. The summed E-state index contributed by atoms with van der Waals surface area (Å²) in [7, 11) is 0. The van der Waals surface area contributed by atoms with Crippen molar-refractivity contribution in [1.29, 1.82) is 0 Å². The van der Waals surface area contributed by atoms with Gasteiger partial charge in [-0.1, -0.05) is 32.8 Å². The summed E-state index contributed by atoms with van der Waals surface area (Å²) in [6.07, 6.45) is 0.0352. The third kappa shape index (κ3) is 5.37. The van der Waals surface area contributed by atoms with Crippen LogP contribution in [0.3, 0.4) is 0 Å². The average molecular weight is 381 g/mol. The third-order valence-corrected chi connectivity index (χ3v) is 4.52. The summed E-state index contributed by atoms with van der Waals surface area (Å²) < 4.78 is 45.0. The minimum absolute atomic E-state index is 0.0247. The van der Waals surface area contributed by atoms with Crippen molar-refractivity contribution in [2.75, 3.05) is 6.61 Å². The van der Waals surface area contributed by atoms with Crippen LogP contribution in [0.25, 0.3) is 16.5 Å². The second-order valence-corrected chi connectivity index (χ2v) is 6.61. The highest BCUT2D eigenvalue weighted by Crippen LogP contribution is 2.36. The minimum atomic E-state index is -4.65. The van der Waals surface area contributed by atoms with Crippen LogP contribution >= 0.6 is 0 Å². The maximum absolute atomic E-state index is 13.5. The van der Waals surface area contributed by atoms with E-state index in [-0.39, 0.29) is 12.2 Å². The molecule has 0 aliphatic rings. The van der Waals surface area contributed by atoms with Gasteiger partial charge in [0.15, 0.2) is 0 Å². The number of H-pyrrole nitrogens is 1. The van der Waals surface area contributed by atoms with Crippen molar-refractivity contribution in [2.24, 2.45) is 0 Å². The van der Waals surface area contributed by atoms with Crippen LogP contribution in [0.1, 0.15) is 63.6 Å². The van der Waals surface area contributed by atoms with Gasteiger partial charge in [0.05, 0.1) is 12.2 Å². The second-order valence-electron chi connectivity index (χ2n) is 6.61. The summed E-state index contributed by atoms with van der Waals surface area (Å²) in [4.78, 5) is 14.9. The lowest BCUT2D eigenvalue weighted by atomic mass is 9.95. The smallest absolute Gasteiger partial charge is 0.417 e. The number of nitrogens with one attached hydrogen (secondary N) is 1. The van der Waals surface area contributed by atoms with Crippen LogP contribution in [0.5, 0.6) is 0 Å². The Hall–Kier alpha value is -2.24. The number of halogens is 3. The Bertz CT molecular complexity index is 799. The predicted octanol–water partition coefficient (Wildman–Crippen LogP) is 6.36. The molecular weight excluding hydrogens is 355 g/mol. The van der Waals surface area contributed by atoms with Gasteiger partial charge in [0.25, 0.3) is 0 Å². The second kappa shape index (κ2) is 9.11. The molecule has 148 valence electrons. The van der Waals surface area contributed by atoms with Crippen LogP contribution in [-0.4, -0.2) is 23.7 Å². The van der Waals surface area contributed by atoms with Crippen molar-refractivity contribution in [2.45, 2.75) is 58.5 Å². The first kappa shape index (κ1) is 21.1. The van der Waals surface area contributed by atoms with Gasteiger partial charge in [0.1, 0.15) is 0 Å². The number of ether oxygens (including phenoxy) is 1. The zero-order valence-electron chi connectivity index (χ0n) is 16.0. The number of rotatable bonds is 8. The number of esters is 1. The van der Waals surface area contributed by atoms with Crippen LogP contribution < -0.4 is 0 Å². The van der Waals surface area contributed by atoms with Gasteiger partial charge in [-0.05, 0) is 49.4 Å². The quantitative estimate of drug-likeness (QED) is 0.427. The van der Waals surface area contributed by atoms with E-state index in [4.69, 9.17) is 0 Å². The molecule has 0 atom stereocenters. The molecule has 0 radical (unpaired) electrons. The molecule has 0 unspecified atom stereocenters. The number of benzene rings is 1. The zero-order chi connectivity index (χ0) is 20.0. The zero-order valence-corrected chi connectivity index (χ0v) is 16.0. The normalized spacial score (nSPS) is 12.8. The van der Waals surface area contributed by atoms with Crippen molar-refractivity contribution >= 4 is 22.4 Å². The molecule has 1 N–H and O–H groups in total. The van der Waals surface area contributed by atoms with Gasteiger partial charge in [-0.2, -0.15) is 13.2 Å². The van der Waals surface area contributed by atoms with Crippen molar-refractivity contribution in [3.8, 4) is 0 Å². The first-order chi connectivity index (χ1) is 12.8. The van der Waals surface area contributed by atoms with E-state index in [2.05, 4.69) is 23.6 Å². The SMILES string of the molecule is CCCC(CCC)c1cc2cc(/C(=C\C(=O)OCC)C(F)(F)F)ccc2[nH]1. The Morgan fingerprint density at radius 2 is 1.81 bits per heavy atom. The van der Waals surface area contributed by atoms with E-state index in [0.717, 1.165) is 36.9 Å². The van der Waals surface area contributed by atoms with Crippen LogP contribution in [-0.2, 0) is 9.53 Å². The summed E-state index contributed by atoms with van der Waals surface area (Å²) in [6, 6.07) is 6.42. The van der Waals surface area contributed by atoms with Crippen LogP contribution in [0.4, 0.5) is 13.2 Å². The molecule has 0 amide bonds. The molecule has 3 nitrogen and oxygen atoms in total. The molecule has 1 aromatic heterocycles. The monoisotopic (exact) mass is 381 g/mol. The van der Waals surface area contributed by atoms with E-state index >= 15 is 0 Å². The Labute approximate surface area is 157 Å². The number of hydrogen-bond acceptors (Lipinski definition) is 2. The molecule has 0 aliphatic heterocycles. The van der Waals surface area contributed by atoms with Gasteiger partial charge in [-0.15, -0.1) is 0 Å². The fourth-order valence-corrected chi connectivity index (χ4v) is 3.33. The fourth-order valence-electron chi connectivity index (χ4n) is 3.33. The number of aromatic nitrogens is 1. The number of carbonyl (C=O) groups is 1. The summed E-state index contributed by atoms with van der Waals surface area (Å²) in [5, 5.41) is 0.707. The molecule has 2 rings (SSSR count). The standard InChI is InChI=1S/C21H26F3NO2/c1-4-7-14(8-5-2)19-12-16-11-15(9-10-18(16)25-19)17(21(22,23)24)13-20(26)27-6-3/h9-14,25H,4-8H2,1-3H3/b17-13+. The van der Waals surface area contributed by atoms with Crippen molar-refractivity contribution in [1.82, 2.24) is 4.98 Å². The van der Waals surface area contributed by atoms with E-state index in [1.807, 2.05) is 6.07 Å². The molecular formula is C21H26F3NO2. The lowest BCUT2D eigenvalue weighted by Crippen LogP contribution is -2.13. The average Bonchev–Trinajstić information content (AvgIpc) is 3.02. The number of allylic oxidation sites excluding steroid dienone is 1. The number of hydrogen-bond donors (Lipinski definition) is 1. The fraction of sp³-hybridized carbons (Fsp3) is 0.476. The first-order valence-corrected chi connectivity index (χ1v) is 9.38. The molecule has 0 spiro atoms. The molecule has 0 bridgehead atoms. The molecule has 2 aromatic rings. The van der Waals surface area contributed by atoms with E-state index in [1.165, 1.54) is 12.1 Å². The van der Waals surface area contributed by atoms with Gasteiger partial charge in [-0.25, -0.2) is 4.79 Å². The third-order valence-electron chi connectivity index (χ3n) is 4.52. The van der Waals surface area contributed by atoms with Gasteiger partial charge in [0.2, 0.25) is 0 Å². The number of fused-ring (bicyclic) bond motifs is 1. The lowest BCUT2D eigenvalue weighted by molar-refractivity contribution is -0.137. The number of carbonyl (C=O) groups excluding carboxylic acids is 1. The molecule has 6 heteroatoms. The predicted molar refractivity (Wildman–Crippen MR) is 102 cm³/mol. The minimum Gasteiger partial charge on any atom is -0.463 e. The van der Waals surface area contributed by atoms with Crippen molar-refractivity contribution in [3.05, 3.63) is 41.6 Å². The molecule has 1 heterocycles. The maximum atomic E-state index is 13.5. The number of alkyl halides is 3. The topological polar surface area (TPSA) is 42.1 Å². The Kier molecular flexibility index (Phi) is 7.11. The Morgan fingerprint density at radius 3 is 2.37 bits per heavy atom. The number of aromatic amines is 1. The highest BCUT2D eigenvalue weighted by atomic mass is 19.4. The summed E-state index contributed by atoms with van der Waals surface area (Å²) in [6.45, 7) is 5.82. The molecule has 0 saturated heterocycles. The van der Waals surface area contributed by atoms with Gasteiger partial charge >= 0.3 is 12.1 Å². The van der Waals surface area contributed by atoms with E-state index < -0.39 is 17.7 Å². The summed E-state index contributed by atoms with van der Waals surface area (Å²) in [5.74, 6) is -0.626. The van der Waals surface area contributed by atoms with Gasteiger partial charge in [-0.3, -0.25) is 0 Å². The molecule has 0 fully saturated rings. The molecule has 27 heavy (non-hydrogen) atoms. The van der Waals surface area contributed by atoms with E-state index in [0.29, 0.717) is 17.4 Å². The largest absolute Gasteiger partial charge is 0.463 e. The highest BCUT2D eigenvalue weighted by Gasteiger charge is 2.35. The Balaban J connectivity index is 2.45. The van der Waals surface area contributed by atoms with Crippen molar-refractivity contribution < 1.29 is 22.7 Å². The van der Waals surface area contributed by atoms with Crippen LogP contribution in [0, 0.1) is 0 Å². The molecule has 0 aliphatic carbocycles.